The Balaban J connectivity index is 2.35. The van der Waals surface area contributed by atoms with E-state index in [1.165, 1.54) is 16.7 Å². The molecule has 1 N–H and O–H groups in total. The molecule has 3 heteroatoms. The van der Waals surface area contributed by atoms with Gasteiger partial charge in [0, 0.05) is 25.5 Å². The van der Waals surface area contributed by atoms with Crippen molar-refractivity contribution in [2.24, 2.45) is 0 Å². The predicted octanol–water partition coefficient (Wildman–Crippen LogP) is 1.98. The second-order valence-corrected chi connectivity index (χ2v) is 4.09. The van der Waals surface area contributed by atoms with Crippen LogP contribution in [0.2, 0.25) is 0 Å². The predicted molar refractivity (Wildman–Crippen MR) is 59.5 cm³/mol. The Morgan fingerprint density at radius 3 is 3.14 bits per heavy atom. The molecule has 2 rings (SSSR count). The molecule has 1 aromatic heterocycles. The summed E-state index contributed by atoms with van der Waals surface area (Å²) in [6, 6.07) is 2.02. The lowest BCUT2D eigenvalue weighted by atomic mass is 10.00. The summed E-state index contributed by atoms with van der Waals surface area (Å²) in [5.74, 6) is 0. The van der Waals surface area contributed by atoms with Crippen LogP contribution in [0.3, 0.4) is 0 Å². The number of hydrogen-bond acceptors (Lipinski definition) is 2. The summed E-state index contributed by atoms with van der Waals surface area (Å²) in [6.45, 7) is 3.83. The van der Waals surface area contributed by atoms with Gasteiger partial charge in [0.05, 0.1) is 5.38 Å². The molecule has 0 aliphatic carbocycles. The Morgan fingerprint density at radius 2 is 2.43 bits per heavy atom. The second-order valence-electron chi connectivity index (χ2n) is 3.53. The highest BCUT2D eigenvalue weighted by atomic mass is 35.5. The third-order valence-corrected chi connectivity index (χ3v) is 2.70. The highest BCUT2D eigenvalue weighted by molar-refractivity contribution is 6.22. The first-order valence-electron chi connectivity index (χ1n) is 4.74. The number of nitrogens with one attached hydrogen (secondary N) is 1. The quantitative estimate of drug-likeness (QED) is 0.714. The van der Waals surface area contributed by atoms with Gasteiger partial charge in [-0.1, -0.05) is 6.08 Å². The summed E-state index contributed by atoms with van der Waals surface area (Å²) in [4.78, 5) is 4.13. The van der Waals surface area contributed by atoms with Gasteiger partial charge in [0.25, 0.3) is 0 Å². The van der Waals surface area contributed by atoms with Gasteiger partial charge in [-0.05, 0) is 29.7 Å². The summed E-state index contributed by atoms with van der Waals surface area (Å²) in [6.07, 6.45) is 5.83. The molecular formula is C11H13ClN2. The van der Waals surface area contributed by atoms with Crippen LogP contribution >= 0.6 is 11.6 Å². The van der Waals surface area contributed by atoms with Crippen LogP contribution < -0.4 is 5.32 Å². The molecule has 2 heterocycles. The van der Waals surface area contributed by atoms with E-state index < -0.39 is 0 Å². The van der Waals surface area contributed by atoms with Gasteiger partial charge in [0.15, 0.2) is 0 Å². The van der Waals surface area contributed by atoms with Crippen molar-refractivity contribution in [2.75, 3.05) is 13.1 Å². The summed E-state index contributed by atoms with van der Waals surface area (Å²) >= 11 is 6.05. The molecule has 0 aromatic carbocycles. The van der Waals surface area contributed by atoms with Crippen molar-refractivity contribution < 1.29 is 0 Å². The topological polar surface area (TPSA) is 24.9 Å². The highest BCUT2D eigenvalue weighted by Gasteiger charge is 2.12. The van der Waals surface area contributed by atoms with E-state index in [1.807, 2.05) is 18.5 Å². The average molecular weight is 209 g/mol. The smallest absolute Gasteiger partial charge is 0.0647 e. The molecule has 0 bridgehead atoms. The second kappa shape index (κ2) is 4.11. The van der Waals surface area contributed by atoms with E-state index in [0.29, 0.717) is 0 Å². The summed E-state index contributed by atoms with van der Waals surface area (Å²) in [5.41, 5.74) is 3.70. The van der Waals surface area contributed by atoms with Gasteiger partial charge < -0.3 is 5.32 Å². The zero-order chi connectivity index (χ0) is 9.97. The zero-order valence-electron chi connectivity index (χ0n) is 8.13. The number of rotatable bonds is 1. The molecule has 14 heavy (non-hydrogen) atoms. The van der Waals surface area contributed by atoms with E-state index in [0.717, 1.165) is 13.1 Å². The summed E-state index contributed by atoms with van der Waals surface area (Å²) < 4.78 is 0. The number of alkyl halides is 1. The Labute approximate surface area is 89.0 Å². The fourth-order valence-electron chi connectivity index (χ4n) is 1.67. The molecule has 0 amide bonds. The molecule has 0 spiro atoms. The molecule has 1 unspecified atom stereocenters. The molecule has 2 nitrogen and oxygen atoms in total. The molecule has 1 aliphatic heterocycles. The van der Waals surface area contributed by atoms with Crippen LogP contribution in [0.5, 0.6) is 0 Å². The van der Waals surface area contributed by atoms with Crippen molar-refractivity contribution in [2.45, 2.75) is 12.3 Å². The van der Waals surface area contributed by atoms with E-state index in [4.69, 9.17) is 11.6 Å². The van der Waals surface area contributed by atoms with Gasteiger partial charge in [-0.25, -0.2) is 0 Å². The molecule has 74 valence electrons. The number of pyridine rings is 1. The van der Waals surface area contributed by atoms with Crippen molar-refractivity contribution in [3.8, 4) is 0 Å². The van der Waals surface area contributed by atoms with Crippen molar-refractivity contribution >= 4 is 17.2 Å². The van der Waals surface area contributed by atoms with Crippen molar-refractivity contribution in [3.63, 3.8) is 0 Å². The Bertz CT molecular complexity index is 360. The Morgan fingerprint density at radius 1 is 1.57 bits per heavy atom. The summed E-state index contributed by atoms with van der Waals surface area (Å²) in [7, 11) is 0. The maximum Gasteiger partial charge on any atom is 0.0647 e. The van der Waals surface area contributed by atoms with Crippen LogP contribution in [-0.2, 0) is 0 Å². The normalized spacial score (nSPS) is 21.9. The van der Waals surface area contributed by atoms with Gasteiger partial charge >= 0.3 is 0 Å². The fraction of sp³-hybridized carbons (Fsp3) is 0.364. The monoisotopic (exact) mass is 208 g/mol. The van der Waals surface area contributed by atoms with Crippen LogP contribution in [0.1, 0.15) is 11.1 Å². The number of nitrogens with zero attached hydrogens (tertiary/aromatic N) is 1. The Hall–Kier alpha value is -0.860. The minimum absolute atomic E-state index is 0.0957. The van der Waals surface area contributed by atoms with E-state index in [1.54, 1.807) is 0 Å². The molecule has 1 aliphatic rings. The molecular weight excluding hydrogens is 196 g/mol. The lowest BCUT2D eigenvalue weighted by Gasteiger charge is -2.19. The fourth-order valence-corrected chi connectivity index (χ4v) is 1.93. The van der Waals surface area contributed by atoms with Gasteiger partial charge in [-0.2, -0.15) is 0 Å². The molecule has 0 saturated heterocycles. The first-order valence-corrected chi connectivity index (χ1v) is 5.17. The highest BCUT2D eigenvalue weighted by Crippen LogP contribution is 2.20. The van der Waals surface area contributed by atoms with Crippen LogP contribution in [0.4, 0.5) is 0 Å². The molecule has 0 radical (unpaired) electrons. The largest absolute Gasteiger partial charge is 0.311 e. The average Bonchev–Trinajstić information content (AvgIpc) is 2.18. The van der Waals surface area contributed by atoms with Gasteiger partial charge in [-0.15, -0.1) is 11.6 Å². The van der Waals surface area contributed by atoms with Crippen LogP contribution in [0.25, 0.3) is 5.57 Å². The van der Waals surface area contributed by atoms with Gasteiger partial charge in [-0.3, -0.25) is 4.98 Å². The van der Waals surface area contributed by atoms with Crippen molar-refractivity contribution in [3.05, 3.63) is 35.7 Å². The van der Waals surface area contributed by atoms with Crippen LogP contribution in [0.15, 0.2) is 24.5 Å². The first-order chi connectivity index (χ1) is 6.77. The molecule has 0 saturated carbocycles. The number of hydrogen-bond donors (Lipinski definition) is 1. The third kappa shape index (κ3) is 1.97. The minimum Gasteiger partial charge on any atom is -0.311 e. The van der Waals surface area contributed by atoms with Crippen molar-refractivity contribution in [1.82, 2.24) is 10.3 Å². The van der Waals surface area contributed by atoms with Crippen molar-refractivity contribution in [1.29, 1.82) is 0 Å². The first kappa shape index (κ1) is 9.69. The number of aromatic nitrogens is 1. The van der Waals surface area contributed by atoms with E-state index in [9.17, 15) is 0 Å². The number of halogens is 1. The van der Waals surface area contributed by atoms with E-state index >= 15 is 0 Å². The minimum atomic E-state index is 0.0957. The molecule has 1 atom stereocenters. The Kier molecular flexibility index (Phi) is 2.85. The zero-order valence-corrected chi connectivity index (χ0v) is 8.88. The lowest BCUT2D eigenvalue weighted by Crippen LogP contribution is -2.29. The maximum absolute atomic E-state index is 6.05. The third-order valence-electron chi connectivity index (χ3n) is 2.42. The van der Waals surface area contributed by atoms with E-state index in [-0.39, 0.29) is 5.38 Å². The van der Waals surface area contributed by atoms with Gasteiger partial charge in [0.1, 0.15) is 0 Å². The SMILES string of the molecule is Cc1ccncc1C1=CC(Cl)CNC1. The van der Waals surface area contributed by atoms with Gasteiger partial charge in [0.2, 0.25) is 0 Å². The lowest BCUT2D eigenvalue weighted by molar-refractivity contribution is 0.743. The van der Waals surface area contributed by atoms with E-state index in [2.05, 4.69) is 23.3 Å². The molecule has 0 fully saturated rings. The standard InChI is InChI=1S/C11H13ClN2/c1-8-2-3-13-7-11(8)9-4-10(12)6-14-5-9/h2-4,7,10,14H,5-6H2,1H3. The maximum atomic E-state index is 6.05. The number of aryl methyl sites for hydroxylation is 1. The van der Waals surface area contributed by atoms with Crippen LogP contribution in [-0.4, -0.2) is 23.5 Å². The van der Waals surface area contributed by atoms with Crippen LogP contribution in [0, 0.1) is 6.92 Å². The summed E-state index contributed by atoms with van der Waals surface area (Å²) in [5, 5.41) is 3.38. The molecule has 1 aromatic rings.